The lowest BCUT2D eigenvalue weighted by molar-refractivity contribution is -0.132. The molecule has 1 atom stereocenters. The quantitative estimate of drug-likeness (QED) is 0.317. The third-order valence-electron chi connectivity index (χ3n) is 4.32. The van der Waals surface area contributed by atoms with Gasteiger partial charge in [-0.25, -0.2) is 5.48 Å². The number of rotatable bonds is 7. The molecule has 0 aliphatic rings. The normalized spacial score (nSPS) is 11.8. The van der Waals surface area contributed by atoms with Crippen molar-refractivity contribution in [2.45, 2.75) is 39.0 Å². The van der Waals surface area contributed by atoms with Gasteiger partial charge in [0.05, 0.1) is 6.61 Å². The third kappa shape index (κ3) is 6.71. The maximum absolute atomic E-state index is 12.4. The fourth-order valence-electron chi connectivity index (χ4n) is 2.62. The Morgan fingerprint density at radius 2 is 1.60 bits per heavy atom. The maximum Gasteiger partial charge on any atom is 0.267 e. The van der Waals surface area contributed by atoms with Gasteiger partial charge in [0.2, 0.25) is 0 Å². The molecule has 0 fully saturated rings. The molecule has 5 N–H and O–H groups in total. The van der Waals surface area contributed by atoms with E-state index >= 15 is 0 Å². The Morgan fingerprint density at radius 3 is 2.07 bits per heavy atom. The highest BCUT2D eigenvalue weighted by Crippen LogP contribution is 2.09. The third-order valence-corrected chi connectivity index (χ3v) is 4.32. The van der Waals surface area contributed by atoms with E-state index in [-0.39, 0.29) is 0 Å². The van der Waals surface area contributed by atoms with Crippen LogP contribution in [-0.4, -0.2) is 35.2 Å². The largest absolute Gasteiger partial charge is 0.377 e. The first-order valence-corrected chi connectivity index (χ1v) is 9.57. The van der Waals surface area contributed by atoms with Crippen LogP contribution in [0.15, 0.2) is 48.5 Å². The number of ether oxygens (including phenoxy) is 1. The number of hydroxylamine groups is 1. The lowest BCUT2D eigenvalue weighted by Crippen LogP contribution is -2.61. The van der Waals surface area contributed by atoms with E-state index in [0.717, 1.165) is 16.7 Å². The number of hydrogen-bond acceptors (Lipinski definition) is 5. The second kappa shape index (κ2) is 10.6. The first-order valence-electron chi connectivity index (χ1n) is 9.57. The van der Waals surface area contributed by atoms with E-state index in [1.807, 2.05) is 31.2 Å². The zero-order valence-corrected chi connectivity index (χ0v) is 17.4. The second-order valence-corrected chi connectivity index (χ2v) is 7.37. The molecule has 0 bridgehead atoms. The highest BCUT2D eigenvalue weighted by Gasteiger charge is 2.33. The summed E-state index contributed by atoms with van der Waals surface area (Å²) >= 11 is 0. The summed E-state index contributed by atoms with van der Waals surface area (Å²) in [5, 5.41) is 11.4. The molecule has 7 nitrogen and oxygen atoms in total. The Kier molecular flexibility index (Phi) is 8.13. The van der Waals surface area contributed by atoms with Crippen molar-refractivity contribution in [3.8, 4) is 11.8 Å². The molecule has 2 aromatic carbocycles. The van der Waals surface area contributed by atoms with Crippen LogP contribution in [0.25, 0.3) is 0 Å². The van der Waals surface area contributed by atoms with E-state index in [1.54, 1.807) is 38.1 Å². The van der Waals surface area contributed by atoms with Crippen LogP contribution in [0.1, 0.15) is 47.8 Å². The Hall–Kier alpha value is -3.18. The first-order chi connectivity index (χ1) is 14.2. The van der Waals surface area contributed by atoms with Gasteiger partial charge < -0.3 is 15.8 Å². The summed E-state index contributed by atoms with van der Waals surface area (Å²) < 4.78 is 5.37. The summed E-state index contributed by atoms with van der Waals surface area (Å²) in [4.78, 5) is 24.2. The van der Waals surface area contributed by atoms with Gasteiger partial charge in [-0.2, -0.15) is 0 Å². The van der Waals surface area contributed by atoms with Gasteiger partial charge in [-0.05, 0) is 62.7 Å². The standard InChI is InChI=1S/C23H27N3O4/c1-4-30-15-18-9-7-16(8-10-18)5-6-17-11-13-19(14-12-17)21(27)25-20(22(28)26-29)23(2,3)24/h7-14,20,29H,4,15,24H2,1-3H3,(H,25,27)(H,26,28). The fraction of sp³-hybridized carbons (Fsp3) is 0.304. The monoisotopic (exact) mass is 409 g/mol. The summed E-state index contributed by atoms with van der Waals surface area (Å²) in [5.74, 6) is 4.86. The Balaban J connectivity index is 2.05. The fourth-order valence-corrected chi connectivity index (χ4v) is 2.62. The van der Waals surface area contributed by atoms with Crippen LogP contribution in [0.3, 0.4) is 0 Å². The predicted molar refractivity (Wildman–Crippen MR) is 114 cm³/mol. The van der Waals surface area contributed by atoms with E-state index < -0.39 is 23.4 Å². The van der Waals surface area contributed by atoms with Gasteiger partial charge >= 0.3 is 0 Å². The highest BCUT2D eigenvalue weighted by atomic mass is 16.5. The Bertz CT molecular complexity index is 920. The molecule has 0 saturated heterocycles. The number of benzene rings is 2. The van der Waals surface area contributed by atoms with Gasteiger partial charge in [0.1, 0.15) is 6.04 Å². The van der Waals surface area contributed by atoms with Crippen molar-refractivity contribution in [1.29, 1.82) is 0 Å². The predicted octanol–water partition coefficient (Wildman–Crippen LogP) is 1.96. The molecule has 0 saturated carbocycles. The molecule has 0 radical (unpaired) electrons. The van der Waals surface area contributed by atoms with Gasteiger partial charge in [-0.15, -0.1) is 0 Å². The number of amides is 2. The topological polar surface area (TPSA) is 114 Å². The molecule has 2 rings (SSSR count). The number of nitrogens with two attached hydrogens (primary N) is 1. The average molecular weight is 409 g/mol. The van der Waals surface area contributed by atoms with Crippen LogP contribution in [0.4, 0.5) is 0 Å². The minimum absolute atomic E-state index is 0.348. The van der Waals surface area contributed by atoms with E-state index in [4.69, 9.17) is 15.7 Å². The Labute approximate surface area is 176 Å². The van der Waals surface area contributed by atoms with Gasteiger partial charge in [-0.1, -0.05) is 24.0 Å². The molecule has 0 heterocycles. The highest BCUT2D eigenvalue weighted by molar-refractivity contribution is 5.97. The van der Waals surface area contributed by atoms with Crippen LogP contribution >= 0.6 is 0 Å². The molecule has 158 valence electrons. The van der Waals surface area contributed by atoms with Crippen molar-refractivity contribution in [2.24, 2.45) is 5.73 Å². The molecule has 0 spiro atoms. The number of carbonyl (C=O) groups excluding carboxylic acids is 2. The van der Waals surface area contributed by atoms with E-state index in [0.29, 0.717) is 18.8 Å². The van der Waals surface area contributed by atoms with E-state index in [1.165, 1.54) is 5.48 Å². The molecule has 7 heteroatoms. The molecule has 1 unspecified atom stereocenters. The lowest BCUT2D eigenvalue weighted by Gasteiger charge is -2.29. The van der Waals surface area contributed by atoms with Crippen molar-refractivity contribution in [2.75, 3.05) is 6.61 Å². The molecule has 2 aromatic rings. The second-order valence-electron chi connectivity index (χ2n) is 7.37. The molecule has 2 amide bonds. The van der Waals surface area contributed by atoms with E-state index in [2.05, 4.69) is 17.2 Å². The molecule has 30 heavy (non-hydrogen) atoms. The van der Waals surface area contributed by atoms with Gasteiger partial charge in [-0.3, -0.25) is 14.8 Å². The molecule has 0 aliphatic carbocycles. The number of nitrogens with one attached hydrogen (secondary N) is 2. The van der Waals surface area contributed by atoms with Crippen molar-refractivity contribution in [3.05, 3.63) is 70.8 Å². The minimum Gasteiger partial charge on any atom is -0.377 e. The minimum atomic E-state index is -1.10. The van der Waals surface area contributed by atoms with Gasteiger partial charge in [0.25, 0.3) is 11.8 Å². The zero-order valence-electron chi connectivity index (χ0n) is 17.4. The average Bonchev–Trinajstić information content (AvgIpc) is 2.74. The number of hydrogen-bond donors (Lipinski definition) is 4. The summed E-state index contributed by atoms with van der Waals surface area (Å²) in [6.07, 6.45) is 0. The summed E-state index contributed by atoms with van der Waals surface area (Å²) in [6, 6.07) is 13.4. The molecule has 0 aliphatic heterocycles. The molecule has 0 aromatic heterocycles. The number of carbonyl (C=O) groups is 2. The van der Waals surface area contributed by atoms with E-state index in [9.17, 15) is 9.59 Å². The summed E-state index contributed by atoms with van der Waals surface area (Å²) in [5.41, 5.74) is 9.44. The lowest BCUT2D eigenvalue weighted by atomic mass is 9.95. The van der Waals surface area contributed by atoms with Gasteiger partial charge in [0.15, 0.2) is 0 Å². The first kappa shape index (κ1) is 23.1. The smallest absolute Gasteiger partial charge is 0.267 e. The van der Waals surface area contributed by atoms with Gasteiger partial charge in [0, 0.05) is 28.8 Å². The Morgan fingerprint density at radius 1 is 1.07 bits per heavy atom. The maximum atomic E-state index is 12.4. The van der Waals surface area contributed by atoms with Crippen LogP contribution in [-0.2, 0) is 16.1 Å². The summed E-state index contributed by atoms with van der Waals surface area (Å²) in [7, 11) is 0. The SMILES string of the molecule is CCOCc1ccc(C#Cc2ccc(C(=O)NC(C(=O)NO)C(C)(C)N)cc2)cc1. The van der Waals surface area contributed by atoms with Crippen molar-refractivity contribution < 1.29 is 19.5 Å². The molecular formula is C23H27N3O4. The van der Waals surface area contributed by atoms with Crippen molar-refractivity contribution in [1.82, 2.24) is 10.8 Å². The summed E-state index contributed by atoms with van der Waals surface area (Å²) in [6.45, 7) is 6.37. The van der Waals surface area contributed by atoms with Crippen molar-refractivity contribution >= 4 is 11.8 Å². The zero-order chi connectivity index (χ0) is 22.1. The van der Waals surface area contributed by atoms with Crippen LogP contribution < -0.4 is 16.5 Å². The van der Waals surface area contributed by atoms with Crippen LogP contribution in [0.2, 0.25) is 0 Å². The van der Waals surface area contributed by atoms with Crippen molar-refractivity contribution in [3.63, 3.8) is 0 Å². The van der Waals surface area contributed by atoms with Crippen LogP contribution in [0.5, 0.6) is 0 Å². The molecular weight excluding hydrogens is 382 g/mol. The van der Waals surface area contributed by atoms with Crippen LogP contribution in [0, 0.1) is 11.8 Å².